The fourth-order valence-electron chi connectivity index (χ4n) is 6.45. The van der Waals surface area contributed by atoms with Crippen LogP contribution < -0.4 is 0 Å². The van der Waals surface area contributed by atoms with Gasteiger partial charge in [-0.15, -0.1) is 60.2 Å². The summed E-state index contributed by atoms with van der Waals surface area (Å²) in [5, 5.41) is 6.33. The molecule has 9 rings (SSSR count). The third-order valence-electron chi connectivity index (χ3n) is 9.30. The van der Waals surface area contributed by atoms with Crippen molar-refractivity contribution < 1.29 is 24.5 Å². The van der Waals surface area contributed by atoms with Gasteiger partial charge in [0.25, 0.3) is 0 Å². The van der Waals surface area contributed by atoms with Gasteiger partial charge in [-0.2, -0.15) is 28.9 Å². The van der Waals surface area contributed by atoms with Crippen LogP contribution in [0.4, 0.5) is 0 Å². The molecule has 5 heterocycles. The molecule has 0 atom stereocenters. The second-order valence-electron chi connectivity index (χ2n) is 13.0. The Bertz CT molecular complexity index is 2570. The SMILES string of the molecule is Cc1ccc2c(n1)oc1c(-c3nccn3C)[c-]ccc12.[Ir+3].[c-]1ccccc1-c1ccc(CCc2cccc(CCc3c[c-]c(-n4cccn4)cc3)c2)cn1. The number of aryl methyl sites for hydroxylation is 6. The zero-order chi connectivity index (χ0) is 36.0. The van der Waals surface area contributed by atoms with Crippen molar-refractivity contribution >= 4 is 22.1 Å². The van der Waals surface area contributed by atoms with Gasteiger partial charge in [0.05, 0.1) is 11.4 Å². The van der Waals surface area contributed by atoms with Crippen LogP contribution in [0.5, 0.6) is 0 Å². The molecule has 0 aliphatic heterocycles. The van der Waals surface area contributed by atoms with Gasteiger partial charge in [-0.3, -0.25) is 9.67 Å². The molecule has 7 nitrogen and oxygen atoms in total. The van der Waals surface area contributed by atoms with Crippen LogP contribution >= 0.6 is 0 Å². The largest absolute Gasteiger partial charge is 3.00 e. The van der Waals surface area contributed by atoms with Crippen LogP contribution in [0.25, 0.3) is 50.4 Å². The Kier molecular flexibility index (Phi) is 11.3. The van der Waals surface area contributed by atoms with Gasteiger partial charge in [-0.25, -0.2) is 4.98 Å². The normalized spacial score (nSPS) is 10.9. The number of nitrogens with zero attached hydrogens (tertiary/aromatic N) is 6. The fraction of sp³-hybridized carbons (Fsp3) is 0.130. The fourth-order valence-corrected chi connectivity index (χ4v) is 6.45. The van der Waals surface area contributed by atoms with E-state index in [9.17, 15) is 0 Å². The zero-order valence-corrected chi connectivity index (χ0v) is 32.4. The van der Waals surface area contributed by atoms with Crippen molar-refractivity contribution in [3.63, 3.8) is 0 Å². The summed E-state index contributed by atoms with van der Waals surface area (Å²) in [4.78, 5) is 13.4. The van der Waals surface area contributed by atoms with E-state index in [-0.39, 0.29) is 20.1 Å². The number of pyridine rings is 2. The average Bonchev–Trinajstić information content (AvgIpc) is 3.98. The van der Waals surface area contributed by atoms with E-state index >= 15 is 0 Å². The molecule has 0 N–H and O–H groups in total. The maximum Gasteiger partial charge on any atom is 3.00 e. The number of aromatic nitrogens is 6. The Hall–Kier alpha value is -5.95. The van der Waals surface area contributed by atoms with Crippen LogP contribution in [0.1, 0.15) is 27.9 Å². The molecule has 9 aromatic rings. The Labute approximate surface area is 328 Å². The molecule has 0 fully saturated rings. The van der Waals surface area contributed by atoms with Crippen LogP contribution in [-0.2, 0) is 52.8 Å². The van der Waals surface area contributed by atoms with E-state index in [1.165, 1.54) is 22.3 Å². The van der Waals surface area contributed by atoms with Crippen molar-refractivity contribution in [2.24, 2.45) is 7.05 Å². The van der Waals surface area contributed by atoms with Crippen molar-refractivity contribution in [3.8, 4) is 28.3 Å². The molecule has 0 unspecified atom stereocenters. The van der Waals surface area contributed by atoms with E-state index in [2.05, 4.69) is 92.8 Å². The second kappa shape index (κ2) is 16.8. The van der Waals surface area contributed by atoms with Gasteiger partial charge >= 0.3 is 20.1 Å². The number of fused-ring (bicyclic) bond motifs is 3. The summed E-state index contributed by atoms with van der Waals surface area (Å²) < 4.78 is 9.73. The van der Waals surface area contributed by atoms with Crippen molar-refractivity contribution in [2.75, 3.05) is 0 Å². The number of imidazole rings is 1. The first kappa shape index (κ1) is 36.4. The van der Waals surface area contributed by atoms with Gasteiger partial charge < -0.3 is 14.0 Å². The molecule has 0 bridgehead atoms. The Morgan fingerprint density at radius 3 is 2.22 bits per heavy atom. The molecule has 266 valence electrons. The van der Waals surface area contributed by atoms with Crippen molar-refractivity contribution in [2.45, 2.75) is 32.6 Å². The van der Waals surface area contributed by atoms with Gasteiger partial charge in [-0.1, -0.05) is 53.8 Å². The molecule has 54 heavy (non-hydrogen) atoms. The monoisotopic (exact) mass is 882 g/mol. The minimum Gasteiger partial charge on any atom is -0.486 e. The Morgan fingerprint density at radius 2 is 1.52 bits per heavy atom. The molecular weight excluding hydrogens is 845 g/mol. The van der Waals surface area contributed by atoms with Crippen LogP contribution in [0.3, 0.4) is 0 Å². The summed E-state index contributed by atoms with van der Waals surface area (Å²) in [6.45, 7) is 1.96. The Balaban J connectivity index is 0.000000183. The molecule has 4 aromatic carbocycles. The summed E-state index contributed by atoms with van der Waals surface area (Å²) >= 11 is 0. The maximum atomic E-state index is 5.95. The molecule has 0 aliphatic rings. The minimum atomic E-state index is 0. The summed E-state index contributed by atoms with van der Waals surface area (Å²) in [5.41, 5.74) is 11.5. The molecule has 0 radical (unpaired) electrons. The molecule has 0 saturated heterocycles. The third kappa shape index (κ3) is 8.31. The summed E-state index contributed by atoms with van der Waals surface area (Å²) in [5.74, 6) is 0.839. The predicted octanol–water partition coefficient (Wildman–Crippen LogP) is 9.59. The number of benzene rings is 4. The first-order chi connectivity index (χ1) is 26.1. The van der Waals surface area contributed by atoms with Gasteiger partial charge in [0.2, 0.25) is 5.71 Å². The quantitative estimate of drug-likeness (QED) is 0.135. The van der Waals surface area contributed by atoms with Crippen molar-refractivity contribution in [1.82, 2.24) is 29.3 Å². The Morgan fingerprint density at radius 1 is 0.685 bits per heavy atom. The van der Waals surface area contributed by atoms with Gasteiger partial charge in [0, 0.05) is 49.1 Å². The molecule has 0 amide bonds. The molecule has 0 aliphatic carbocycles. The second-order valence-corrected chi connectivity index (χ2v) is 13.0. The van der Waals surface area contributed by atoms with Gasteiger partial charge in [-0.05, 0) is 72.5 Å². The molecule has 8 heteroatoms. The van der Waals surface area contributed by atoms with Crippen LogP contribution in [0.15, 0.2) is 145 Å². The molecule has 0 spiro atoms. The van der Waals surface area contributed by atoms with Gasteiger partial charge in [0.1, 0.15) is 0 Å². The van der Waals surface area contributed by atoms with E-state index < -0.39 is 0 Å². The number of furan rings is 1. The first-order valence-corrected chi connectivity index (χ1v) is 17.8. The van der Waals surface area contributed by atoms with Gasteiger partial charge in [0.15, 0.2) is 0 Å². The van der Waals surface area contributed by atoms with Crippen molar-refractivity contribution in [1.29, 1.82) is 0 Å². The summed E-state index contributed by atoms with van der Waals surface area (Å²) in [6.07, 6.45) is 13.4. The molecular formula is C46H37IrN6O. The first-order valence-electron chi connectivity index (χ1n) is 17.8. The third-order valence-corrected chi connectivity index (χ3v) is 9.30. The van der Waals surface area contributed by atoms with Crippen LogP contribution in [0.2, 0.25) is 0 Å². The molecule has 0 saturated carbocycles. The number of hydrogen-bond donors (Lipinski definition) is 0. The van der Waals surface area contributed by atoms with E-state index in [0.717, 1.165) is 76.1 Å². The zero-order valence-electron chi connectivity index (χ0n) is 30.0. The number of rotatable bonds is 9. The van der Waals surface area contributed by atoms with E-state index in [1.54, 1.807) is 12.4 Å². The van der Waals surface area contributed by atoms with Crippen LogP contribution in [0, 0.1) is 25.1 Å². The average molecular weight is 882 g/mol. The van der Waals surface area contributed by atoms with Crippen LogP contribution in [-0.4, -0.2) is 29.3 Å². The summed E-state index contributed by atoms with van der Waals surface area (Å²) in [7, 11) is 1.96. The van der Waals surface area contributed by atoms with E-state index in [1.807, 2.05) is 96.4 Å². The minimum absolute atomic E-state index is 0. The van der Waals surface area contributed by atoms with E-state index in [4.69, 9.17) is 4.42 Å². The maximum absolute atomic E-state index is 5.95. The summed E-state index contributed by atoms with van der Waals surface area (Å²) in [6, 6.07) is 47.1. The standard InChI is InChI=1S/C30H25N3.C16H12N3O.Ir/c1-2-8-28(9-3-1)30-19-16-27(23-31-30)13-12-26-7-4-6-25(22-26)11-10-24-14-17-29(18-15-24)33-21-5-20-32-33;1-10-6-7-12-11-4-3-5-13(14(11)20-16(12)18-10)15-17-8-9-19(15)2;/h1-8,14-17,19-23H,10-13H2;3-4,6-9H,1-2H3;/q-2;-1;+3. The van der Waals surface area contributed by atoms with Crippen molar-refractivity contribution in [3.05, 3.63) is 186 Å². The number of hydrogen-bond acceptors (Lipinski definition) is 5. The topological polar surface area (TPSA) is 74.6 Å². The predicted molar refractivity (Wildman–Crippen MR) is 209 cm³/mol. The van der Waals surface area contributed by atoms with E-state index in [0.29, 0.717) is 5.71 Å². The smallest absolute Gasteiger partial charge is 0.486 e. The molecule has 5 aromatic heterocycles.